The summed E-state index contributed by atoms with van der Waals surface area (Å²) < 4.78 is 27.5. The summed E-state index contributed by atoms with van der Waals surface area (Å²) in [5, 5.41) is 18.7. The molecule has 0 saturated heterocycles. The van der Waals surface area contributed by atoms with E-state index in [2.05, 4.69) is 10.8 Å². The molecule has 1 atom stereocenters. The van der Waals surface area contributed by atoms with Gasteiger partial charge in [0.15, 0.2) is 0 Å². The van der Waals surface area contributed by atoms with Gasteiger partial charge in [0, 0.05) is 5.02 Å². The van der Waals surface area contributed by atoms with E-state index in [1.165, 1.54) is 30.3 Å². The van der Waals surface area contributed by atoms with Gasteiger partial charge in [0.2, 0.25) is 0 Å². The van der Waals surface area contributed by atoms with Crippen LogP contribution in [0.3, 0.4) is 0 Å². The zero-order chi connectivity index (χ0) is 20.1. The Morgan fingerprint density at radius 2 is 1.61 bits per heavy atom. The lowest BCUT2D eigenvalue weighted by Gasteiger charge is -2.14. The lowest BCUT2D eigenvalue weighted by Crippen LogP contribution is -2.13. The largest absolute Gasteiger partial charge is 0.280 e. The summed E-state index contributed by atoms with van der Waals surface area (Å²) in [5.74, 6) is -0.558. The van der Waals surface area contributed by atoms with Crippen molar-refractivity contribution in [1.82, 2.24) is 0 Å². The van der Waals surface area contributed by atoms with Crippen LogP contribution in [0.5, 0.6) is 0 Å². The molecule has 0 spiro atoms. The van der Waals surface area contributed by atoms with Crippen LogP contribution in [-0.4, -0.2) is 8.42 Å². The van der Waals surface area contributed by atoms with Gasteiger partial charge in [-0.15, -0.1) is 0 Å². The molecule has 0 heterocycles. The topological polar surface area (TPSA) is 93.8 Å². The molecule has 138 valence electrons. The summed E-state index contributed by atoms with van der Waals surface area (Å²) in [6, 6.07) is 23.7. The second-order valence-corrected chi connectivity index (χ2v) is 8.04. The second-order valence-electron chi connectivity index (χ2n) is 5.95. The van der Waals surface area contributed by atoms with E-state index in [9.17, 15) is 13.7 Å². The quantitative estimate of drug-likeness (QED) is 0.665. The number of sulfonamides is 1. The Bertz CT molecular complexity index is 1180. The van der Waals surface area contributed by atoms with Gasteiger partial charge in [-0.05, 0) is 47.5 Å². The zero-order valence-corrected chi connectivity index (χ0v) is 16.1. The monoisotopic (exact) mass is 407 g/mol. The SMILES string of the molecule is N#Cc1ccc(S(=O)(=O)Nc2ccc([C@@H](C#N)c3ccccc3)c(Cl)c2)cc1. The van der Waals surface area contributed by atoms with Gasteiger partial charge in [0.25, 0.3) is 10.0 Å². The maximum absolute atomic E-state index is 12.5. The molecule has 0 aliphatic carbocycles. The van der Waals surface area contributed by atoms with E-state index < -0.39 is 15.9 Å². The Hall–Kier alpha value is -3.32. The molecule has 28 heavy (non-hydrogen) atoms. The number of benzene rings is 3. The molecule has 0 aromatic heterocycles. The molecule has 3 rings (SSSR count). The number of anilines is 1. The summed E-state index contributed by atoms with van der Waals surface area (Å²) in [4.78, 5) is 0.0332. The van der Waals surface area contributed by atoms with Crippen LogP contribution in [0, 0.1) is 22.7 Å². The maximum atomic E-state index is 12.5. The van der Waals surface area contributed by atoms with Crippen molar-refractivity contribution < 1.29 is 8.42 Å². The van der Waals surface area contributed by atoms with Crippen LogP contribution in [0.15, 0.2) is 77.7 Å². The first-order valence-electron chi connectivity index (χ1n) is 8.21. The molecule has 0 saturated carbocycles. The highest BCUT2D eigenvalue weighted by molar-refractivity contribution is 7.92. The van der Waals surface area contributed by atoms with Crippen LogP contribution in [0.2, 0.25) is 5.02 Å². The van der Waals surface area contributed by atoms with Crippen LogP contribution in [0.25, 0.3) is 0 Å². The fourth-order valence-corrected chi connectivity index (χ4v) is 4.06. The highest BCUT2D eigenvalue weighted by Crippen LogP contribution is 2.32. The number of nitrogens with one attached hydrogen (secondary N) is 1. The lowest BCUT2D eigenvalue weighted by atomic mass is 9.92. The van der Waals surface area contributed by atoms with E-state index in [1.807, 2.05) is 36.4 Å². The first kappa shape index (κ1) is 19.4. The van der Waals surface area contributed by atoms with E-state index in [4.69, 9.17) is 16.9 Å². The number of hydrogen-bond donors (Lipinski definition) is 1. The summed E-state index contributed by atoms with van der Waals surface area (Å²) in [6.45, 7) is 0. The lowest BCUT2D eigenvalue weighted by molar-refractivity contribution is 0.601. The van der Waals surface area contributed by atoms with Crippen molar-refractivity contribution in [3.63, 3.8) is 0 Å². The van der Waals surface area contributed by atoms with Gasteiger partial charge in [-0.25, -0.2) is 8.42 Å². The zero-order valence-electron chi connectivity index (χ0n) is 14.5. The third kappa shape index (κ3) is 4.15. The third-order valence-corrected chi connectivity index (χ3v) is 5.84. The van der Waals surface area contributed by atoms with Crippen molar-refractivity contribution >= 4 is 27.3 Å². The summed E-state index contributed by atoms with van der Waals surface area (Å²) in [6.07, 6.45) is 0. The Morgan fingerprint density at radius 3 is 2.18 bits per heavy atom. The van der Waals surface area contributed by atoms with Crippen LogP contribution >= 0.6 is 11.6 Å². The molecule has 7 heteroatoms. The highest BCUT2D eigenvalue weighted by atomic mass is 35.5. The van der Waals surface area contributed by atoms with Gasteiger partial charge in [-0.3, -0.25) is 4.72 Å². The van der Waals surface area contributed by atoms with Crippen molar-refractivity contribution in [2.45, 2.75) is 10.8 Å². The number of rotatable bonds is 5. The van der Waals surface area contributed by atoms with E-state index in [-0.39, 0.29) is 15.6 Å². The van der Waals surface area contributed by atoms with Crippen molar-refractivity contribution in [1.29, 1.82) is 10.5 Å². The molecule has 0 aliphatic heterocycles. The fourth-order valence-electron chi connectivity index (χ4n) is 2.72. The van der Waals surface area contributed by atoms with Gasteiger partial charge in [0.05, 0.1) is 34.2 Å². The van der Waals surface area contributed by atoms with Crippen molar-refractivity contribution in [2.24, 2.45) is 0 Å². The second kappa shape index (κ2) is 8.14. The molecule has 3 aromatic rings. The summed E-state index contributed by atoms with van der Waals surface area (Å²) >= 11 is 6.35. The van der Waals surface area contributed by atoms with Crippen LogP contribution < -0.4 is 4.72 Å². The molecule has 0 radical (unpaired) electrons. The molecule has 0 bridgehead atoms. The minimum atomic E-state index is -3.83. The number of halogens is 1. The minimum absolute atomic E-state index is 0.0332. The molecule has 5 nitrogen and oxygen atoms in total. The van der Waals surface area contributed by atoms with Gasteiger partial charge in [0.1, 0.15) is 0 Å². The highest BCUT2D eigenvalue weighted by Gasteiger charge is 2.19. The molecule has 0 fully saturated rings. The van der Waals surface area contributed by atoms with Crippen LogP contribution in [0.1, 0.15) is 22.6 Å². The summed E-state index contributed by atoms with van der Waals surface area (Å²) in [7, 11) is -3.83. The maximum Gasteiger partial charge on any atom is 0.261 e. The Morgan fingerprint density at radius 1 is 0.929 bits per heavy atom. The van der Waals surface area contributed by atoms with Crippen molar-refractivity contribution in [2.75, 3.05) is 4.72 Å². The van der Waals surface area contributed by atoms with Crippen molar-refractivity contribution in [3.8, 4) is 12.1 Å². The van der Waals surface area contributed by atoms with Gasteiger partial charge < -0.3 is 0 Å². The predicted molar refractivity (Wildman–Crippen MR) is 107 cm³/mol. The number of hydrogen-bond acceptors (Lipinski definition) is 4. The molecule has 0 unspecified atom stereocenters. The third-order valence-electron chi connectivity index (χ3n) is 4.12. The van der Waals surface area contributed by atoms with Gasteiger partial charge in [-0.1, -0.05) is 48.0 Å². The first-order chi connectivity index (χ1) is 13.4. The molecular weight excluding hydrogens is 394 g/mol. The minimum Gasteiger partial charge on any atom is -0.280 e. The molecule has 0 aliphatic rings. The van der Waals surface area contributed by atoms with Crippen LogP contribution in [-0.2, 0) is 10.0 Å². The first-order valence-corrected chi connectivity index (χ1v) is 10.1. The van der Waals surface area contributed by atoms with Crippen molar-refractivity contribution in [3.05, 3.63) is 94.5 Å². The van der Waals surface area contributed by atoms with E-state index >= 15 is 0 Å². The molecule has 0 amide bonds. The molecule has 3 aromatic carbocycles. The van der Waals surface area contributed by atoms with Crippen LogP contribution in [0.4, 0.5) is 5.69 Å². The smallest absolute Gasteiger partial charge is 0.261 e. The average molecular weight is 408 g/mol. The average Bonchev–Trinajstić information content (AvgIpc) is 2.70. The molecular formula is C21H14ClN3O2S. The Balaban J connectivity index is 1.88. The predicted octanol–water partition coefficient (Wildman–Crippen LogP) is 4.67. The van der Waals surface area contributed by atoms with E-state index in [0.29, 0.717) is 11.1 Å². The van der Waals surface area contributed by atoms with E-state index in [0.717, 1.165) is 5.56 Å². The Kier molecular flexibility index (Phi) is 5.65. The normalized spacial score (nSPS) is 11.8. The number of nitriles is 2. The number of nitrogens with zero attached hydrogens (tertiary/aromatic N) is 2. The fraction of sp³-hybridized carbons (Fsp3) is 0.0476. The molecule has 1 N–H and O–H groups in total. The standard InChI is InChI=1S/C21H14ClN3O2S/c22-21-12-17(25-28(26,27)18-9-6-15(13-23)7-10-18)8-11-19(21)20(14-24)16-4-2-1-3-5-16/h1-12,20,25H/t20-/m0/s1. The summed E-state index contributed by atoms with van der Waals surface area (Å²) in [5.41, 5.74) is 2.05. The van der Waals surface area contributed by atoms with Gasteiger partial charge in [-0.2, -0.15) is 10.5 Å². The van der Waals surface area contributed by atoms with E-state index in [1.54, 1.807) is 12.1 Å². The Labute approximate surface area is 168 Å². The van der Waals surface area contributed by atoms with Gasteiger partial charge >= 0.3 is 0 Å².